The highest BCUT2D eigenvalue weighted by atomic mass is 79.9. The van der Waals surface area contributed by atoms with E-state index in [0.29, 0.717) is 23.3 Å². The summed E-state index contributed by atoms with van der Waals surface area (Å²) in [4.78, 5) is 24.6. The lowest BCUT2D eigenvalue weighted by molar-refractivity contribution is 0.0184. The van der Waals surface area contributed by atoms with E-state index in [-0.39, 0.29) is 12.1 Å². The normalized spacial score (nSPS) is 16.9. The number of hydrogen-bond acceptors (Lipinski definition) is 4. The van der Waals surface area contributed by atoms with Crippen LogP contribution in [0.1, 0.15) is 50.0 Å². The standard InChI is InChI=1S/C14H20BrN3O3/c1-14(2,3)21-13(20)17-6-4-11(5-7-17)18-12(15)10(9-19)8-16-18/h8-9,11H,4-7H2,1-3H3. The van der Waals surface area contributed by atoms with Crippen molar-refractivity contribution >= 4 is 28.3 Å². The number of amides is 1. The van der Waals surface area contributed by atoms with Crippen LogP contribution in [-0.2, 0) is 4.74 Å². The molecule has 116 valence electrons. The number of carbonyl (C=O) groups is 2. The summed E-state index contributed by atoms with van der Waals surface area (Å²) in [5.74, 6) is 0. The number of likely N-dealkylation sites (tertiary alicyclic amines) is 1. The molecule has 1 amide bonds. The average molecular weight is 358 g/mol. The fourth-order valence-electron chi connectivity index (χ4n) is 2.31. The minimum atomic E-state index is -0.474. The molecule has 0 bridgehead atoms. The number of rotatable bonds is 2. The molecule has 0 aromatic carbocycles. The Morgan fingerprint density at radius 1 is 1.43 bits per heavy atom. The molecule has 1 aromatic rings. The van der Waals surface area contributed by atoms with Crippen LogP contribution in [0.2, 0.25) is 0 Å². The van der Waals surface area contributed by atoms with Crippen molar-refractivity contribution in [2.45, 2.75) is 45.3 Å². The van der Waals surface area contributed by atoms with Gasteiger partial charge in [0.1, 0.15) is 10.2 Å². The Kier molecular flexibility index (Phi) is 4.70. The Balaban J connectivity index is 1.95. The van der Waals surface area contributed by atoms with Gasteiger partial charge in [0.25, 0.3) is 0 Å². The van der Waals surface area contributed by atoms with Crippen LogP contribution in [-0.4, -0.2) is 45.8 Å². The molecule has 0 spiro atoms. The first-order valence-electron chi connectivity index (χ1n) is 6.98. The van der Waals surface area contributed by atoms with Crippen LogP contribution in [0.3, 0.4) is 0 Å². The van der Waals surface area contributed by atoms with Crippen molar-refractivity contribution in [3.05, 3.63) is 16.4 Å². The molecule has 0 unspecified atom stereocenters. The summed E-state index contributed by atoms with van der Waals surface area (Å²) in [6.45, 7) is 6.84. The van der Waals surface area contributed by atoms with E-state index in [2.05, 4.69) is 21.0 Å². The Morgan fingerprint density at radius 3 is 2.52 bits per heavy atom. The van der Waals surface area contributed by atoms with Crippen molar-refractivity contribution in [3.8, 4) is 0 Å². The van der Waals surface area contributed by atoms with Crippen molar-refractivity contribution in [1.82, 2.24) is 14.7 Å². The van der Waals surface area contributed by atoms with Crippen LogP contribution in [0, 0.1) is 0 Å². The first-order valence-corrected chi connectivity index (χ1v) is 7.77. The SMILES string of the molecule is CC(C)(C)OC(=O)N1CCC(n2ncc(C=O)c2Br)CC1. The highest BCUT2D eigenvalue weighted by Crippen LogP contribution is 2.27. The summed E-state index contributed by atoms with van der Waals surface area (Å²) in [6.07, 6.45) is 3.64. The molecule has 7 heteroatoms. The topological polar surface area (TPSA) is 64.4 Å². The third-order valence-corrected chi connectivity index (χ3v) is 4.17. The number of piperidine rings is 1. The second kappa shape index (κ2) is 6.17. The predicted molar refractivity (Wildman–Crippen MR) is 81.4 cm³/mol. The van der Waals surface area contributed by atoms with Gasteiger partial charge in [-0.05, 0) is 49.5 Å². The molecule has 1 aliphatic rings. The lowest BCUT2D eigenvalue weighted by Crippen LogP contribution is -2.42. The molecule has 0 radical (unpaired) electrons. The second-order valence-corrected chi connectivity index (χ2v) is 6.90. The number of ether oxygens (including phenoxy) is 1. The number of carbonyl (C=O) groups excluding carboxylic acids is 2. The first kappa shape index (κ1) is 16.0. The number of aromatic nitrogens is 2. The quantitative estimate of drug-likeness (QED) is 0.763. The second-order valence-electron chi connectivity index (χ2n) is 6.15. The molecule has 21 heavy (non-hydrogen) atoms. The highest BCUT2D eigenvalue weighted by Gasteiger charge is 2.28. The largest absolute Gasteiger partial charge is 0.444 e. The van der Waals surface area contributed by atoms with E-state index in [0.717, 1.165) is 19.1 Å². The molecule has 2 heterocycles. The van der Waals surface area contributed by atoms with E-state index in [4.69, 9.17) is 4.74 Å². The maximum atomic E-state index is 12.0. The molecular formula is C14H20BrN3O3. The molecule has 1 aromatic heterocycles. The van der Waals surface area contributed by atoms with E-state index < -0.39 is 5.60 Å². The molecule has 0 aliphatic carbocycles. The number of hydrogen-bond donors (Lipinski definition) is 0. The fourth-order valence-corrected chi connectivity index (χ4v) is 2.89. The van der Waals surface area contributed by atoms with Gasteiger partial charge in [-0.15, -0.1) is 0 Å². The fraction of sp³-hybridized carbons (Fsp3) is 0.643. The van der Waals surface area contributed by atoms with Crippen molar-refractivity contribution < 1.29 is 14.3 Å². The van der Waals surface area contributed by atoms with E-state index in [1.807, 2.05) is 25.5 Å². The highest BCUT2D eigenvalue weighted by molar-refractivity contribution is 9.10. The molecule has 0 N–H and O–H groups in total. The third kappa shape index (κ3) is 3.84. The maximum absolute atomic E-state index is 12.0. The van der Waals surface area contributed by atoms with Crippen LogP contribution in [0.15, 0.2) is 10.8 Å². The van der Waals surface area contributed by atoms with Crippen LogP contribution < -0.4 is 0 Å². The van der Waals surface area contributed by atoms with Crippen LogP contribution in [0.5, 0.6) is 0 Å². The van der Waals surface area contributed by atoms with E-state index >= 15 is 0 Å². The van der Waals surface area contributed by atoms with Crippen molar-refractivity contribution in [2.24, 2.45) is 0 Å². The molecule has 1 fully saturated rings. The Morgan fingerprint density at radius 2 is 2.05 bits per heavy atom. The minimum Gasteiger partial charge on any atom is -0.444 e. The van der Waals surface area contributed by atoms with E-state index in [1.54, 1.807) is 11.1 Å². The van der Waals surface area contributed by atoms with Crippen molar-refractivity contribution in [1.29, 1.82) is 0 Å². The smallest absolute Gasteiger partial charge is 0.410 e. The molecule has 0 saturated carbocycles. The zero-order valence-corrected chi connectivity index (χ0v) is 14.1. The van der Waals surface area contributed by atoms with Gasteiger partial charge in [-0.2, -0.15) is 5.10 Å². The van der Waals surface area contributed by atoms with E-state index in [1.165, 1.54) is 0 Å². The lowest BCUT2D eigenvalue weighted by atomic mass is 10.1. The van der Waals surface area contributed by atoms with Gasteiger partial charge in [-0.1, -0.05) is 0 Å². The molecule has 1 saturated heterocycles. The first-order chi connectivity index (χ1) is 9.81. The van der Waals surface area contributed by atoms with Crippen LogP contribution in [0.4, 0.5) is 4.79 Å². The summed E-state index contributed by atoms with van der Waals surface area (Å²) in [7, 11) is 0. The average Bonchev–Trinajstić information content (AvgIpc) is 2.78. The van der Waals surface area contributed by atoms with Crippen molar-refractivity contribution in [3.63, 3.8) is 0 Å². The van der Waals surface area contributed by atoms with Gasteiger partial charge >= 0.3 is 6.09 Å². The van der Waals surface area contributed by atoms with Gasteiger partial charge in [0.05, 0.1) is 17.8 Å². The summed E-state index contributed by atoms with van der Waals surface area (Å²) in [6, 6.07) is 0.187. The monoisotopic (exact) mass is 357 g/mol. The molecule has 2 rings (SSSR count). The lowest BCUT2D eigenvalue weighted by Gasteiger charge is -2.33. The van der Waals surface area contributed by atoms with Crippen molar-refractivity contribution in [2.75, 3.05) is 13.1 Å². The Hall–Kier alpha value is -1.37. The van der Waals surface area contributed by atoms with Gasteiger partial charge in [-0.3, -0.25) is 9.48 Å². The zero-order chi connectivity index (χ0) is 15.6. The molecular weight excluding hydrogens is 338 g/mol. The predicted octanol–water partition coefficient (Wildman–Crippen LogP) is 3.03. The Bertz CT molecular complexity index is 528. The summed E-state index contributed by atoms with van der Waals surface area (Å²) in [5.41, 5.74) is 0.0715. The van der Waals surface area contributed by atoms with Gasteiger partial charge in [0, 0.05) is 13.1 Å². The Labute approximate surface area is 132 Å². The third-order valence-electron chi connectivity index (χ3n) is 3.35. The van der Waals surface area contributed by atoms with Crippen LogP contribution >= 0.6 is 15.9 Å². The zero-order valence-electron chi connectivity index (χ0n) is 12.5. The molecule has 0 atom stereocenters. The number of nitrogens with zero attached hydrogens (tertiary/aromatic N) is 3. The van der Waals surface area contributed by atoms with Gasteiger partial charge in [0.2, 0.25) is 0 Å². The van der Waals surface area contributed by atoms with Gasteiger partial charge < -0.3 is 9.64 Å². The number of halogens is 1. The molecule has 1 aliphatic heterocycles. The summed E-state index contributed by atoms with van der Waals surface area (Å²) >= 11 is 3.39. The van der Waals surface area contributed by atoms with E-state index in [9.17, 15) is 9.59 Å². The van der Waals surface area contributed by atoms with Crippen LogP contribution in [0.25, 0.3) is 0 Å². The summed E-state index contributed by atoms with van der Waals surface area (Å²) < 4.78 is 7.89. The number of aldehydes is 1. The minimum absolute atomic E-state index is 0.187. The van der Waals surface area contributed by atoms with Gasteiger partial charge in [0.15, 0.2) is 6.29 Å². The molecule has 6 nitrogen and oxygen atoms in total. The summed E-state index contributed by atoms with van der Waals surface area (Å²) in [5, 5.41) is 4.24. The maximum Gasteiger partial charge on any atom is 0.410 e. The van der Waals surface area contributed by atoms with Gasteiger partial charge in [-0.25, -0.2) is 4.79 Å².